The van der Waals surface area contributed by atoms with Crippen LogP contribution in [-0.2, 0) is 9.47 Å². The van der Waals surface area contributed by atoms with Crippen molar-refractivity contribution in [3.8, 4) is 0 Å². The van der Waals surface area contributed by atoms with E-state index in [0.29, 0.717) is 0 Å². The summed E-state index contributed by atoms with van der Waals surface area (Å²) >= 11 is 0. The minimum absolute atomic E-state index is 0.495. The largest absolute Gasteiger partial charge is 0.525 e. The van der Waals surface area contributed by atoms with Crippen LogP contribution < -0.4 is 0 Å². The highest BCUT2D eigenvalue weighted by molar-refractivity contribution is 5.01. The molecule has 1 aliphatic rings. The van der Waals surface area contributed by atoms with Gasteiger partial charge in [-0.05, 0) is 12.8 Å². The van der Waals surface area contributed by atoms with Crippen LogP contribution in [0.4, 0.5) is 52.7 Å². The van der Waals surface area contributed by atoms with Gasteiger partial charge in [-0.3, -0.25) is 0 Å². The Kier molecular flexibility index (Phi) is 5.87. The molecule has 3 unspecified atom stereocenters. The topological polar surface area (TPSA) is 18.5 Å². The number of alkyl halides is 12. The zero-order chi connectivity index (χ0) is 20.8. The zero-order valence-corrected chi connectivity index (χ0v) is 12.8. The van der Waals surface area contributed by atoms with Gasteiger partial charge in [0, 0.05) is 12.3 Å². The summed E-state index contributed by atoms with van der Waals surface area (Å²) in [6.07, 6.45) is -15.1. The van der Waals surface area contributed by atoms with Gasteiger partial charge in [-0.2, -0.15) is 30.7 Å². The second kappa shape index (κ2) is 6.60. The fourth-order valence-electron chi connectivity index (χ4n) is 2.51. The van der Waals surface area contributed by atoms with E-state index >= 15 is 0 Å². The molecule has 26 heavy (non-hydrogen) atoms. The predicted octanol–water partition coefficient (Wildman–Crippen LogP) is 5.52. The second-order valence-electron chi connectivity index (χ2n) is 5.63. The Morgan fingerprint density at radius 3 is 1.81 bits per heavy atom. The van der Waals surface area contributed by atoms with Crippen molar-refractivity contribution >= 4 is 0 Å². The second-order valence-corrected chi connectivity index (χ2v) is 5.63. The molecule has 0 bridgehead atoms. The minimum Gasteiger partial charge on any atom is -0.335 e. The molecule has 0 aromatic heterocycles. The monoisotopic (exact) mass is 416 g/mol. The average Bonchev–Trinajstić information content (AvgIpc) is 2.65. The molecule has 0 heterocycles. The van der Waals surface area contributed by atoms with Gasteiger partial charge < -0.3 is 4.74 Å². The van der Waals surface area contributed by atoms with Gasteiger partial charge in [0.05, 0.1) is 0 Å². The highest BCUT2D eigenvalue weighted by Crippen LogP contribution is 2.55. The van der Waals surface area contributed by atoms with Gasteiger partial charge in [0.15, 0.2) is 0 Å². The molecule has 0 spiro atoms. The van der Waals surface area contributed by atoms with Crippen LogP contribution in [0.1, 0.15) is 26.2 Å². The fourth-order valence-corrected chi connectivity index (χ4v) is 2.51. The maximum Gasteiger partial charge on any atom is 0.525 e. The normalized spacial score (nSPS) is 31.5. The molecule has 1 aliphatic carbocycles. The van der Waals surface area contributed by atoms with E-state index in [0.717, 1.165) is 6.92 Å². The summed E-state index contributed by atoms with van der Waals surface area (Å²) in [5, 5.41) is 0. The molecular weight excluding hydrogens is 404 g/mol. The van der Waals surface area contributed by atoms with Crippen molar-refractivity contribution in [3.05, 3.63) is 0 Å². The molecule has 14 heteroatoms. The molecule has 0 aromatic rings. The number of hydrogen-bond donors (Lipinski definition) is 0. The summed E-state index contributed by atoms with van der Waals surface area (Å²) in [7, 11) is 0. The quantitative estimate of drug-likeness (QED) is 0.531. The van der Waals surface area contributed by atoms with Crippen molar-refractivity contribution in [2.45, 2.75) is 62.3 Å². The maximum absolute atomic E-state index is 14.7. The molecule has 2 nitrogen and oxygen atoms in total. The van der Waals surface area contributed by atoms with Gasteiger partial charge in [0.25, 0.3) is 11.7 Å². The van der Waals surface area contributed by atoms with Crippen LogP contribution in [0.3, 0.4) is 0 Å². The van der Waals surface area contributed by atoms with Gasteiger partial charge >= 0.3 is 24.4 Å². The van der Waals surface area contributed by atoms with E-state index < -0.39 is 67.9 Å². The van der Waals surface area contributed by atoms with Crippen molar-refractivity contribution in [1.82, 2.24) is 0 Å². The predicted molar refractivity (Wildman–Crippen MR) is 59.7 cm³/mol. The molecule has 0 saturated heterocycles. The first kappa shape index (κ1) is 23.1. The van der Waals surface area contributed by atoms with E-state index in [1.807, 2.05) is 0 Å². The standard InChI is InChI=1S/C12H12F12O2/c1-2-6-3-4-8(15,26-12(22,23)24)9(6,16)25-5-7(13,14)10(17,18)11(19,20)21/h6H,2-5H2,1H3. The van der Waals surface area contributed by atoms with Crippen molar-refractivity contribution in [1.29, 1.82) is 0 Å². The van der Waals surface area contributed by atoms with Crippen LogP contribution in [0.25, 0.3) is 0 Å². The fraction of sp³-hybridized carbons (Fsp3) is 1.00. The first-order chi connectivity index (χ1) is 11.3. The lowest BCUT2D eigenvalue weighted by Gasteiger charge is -2.38. The van der Waals surface area contributed by atoms with Gasteiger partial charge in [-0.1, -0.05) is 6.92 Å². The Morgan fingerprint density at radius 2 is 1.42 bits per heavy atom. The van der Waals surface area contributed by atoms with Crippen molar-refractivity contribution in [2.75, 3.05) is 6.61 Å². The van der Waals surface area contributed by atoms with Crippen molar-refractivity contribution in [3.63, 3.8) is 0 Å². The lowest BCUT2D eigenvalue weighted by atomic mass is 9.99. The summed E-state index contributed by atoms with van der Waals surface area (Å²) in [6, 6.07) is 0. The first-order valence-corrected chi connectivity index (χ1v) is 6.94. The molecule has 156 valence electrons. The molecule has 0 aromatic carbocycles. The molecule has 0 amide bonds. The van der Waals surface area contributed by atoms with Crippen molar-refractivity contribution in [2.24, 2.45) is 5.92 Å². The Balaban J connectivity index is 3.13. The zero-order valence-electron chi connectivity index (χ0n) is 12.8. The van der Waals surface area contributed by atoms with Gasteiger partial charge in [-0.15, -0.1) is 13.2 Å². The Bertz CT molecular complexity index is 501. The maximum atomic E-state index is 14.7. The Labute approximate surface area is 138 Å². The molecule has 3 atom stereocenters. The van der Waals surface area contributed by atoms with Crippen molar-refractivity contribution < 1.29 is 62.2 Å². The van der Waals surface area contributed by atoms with Gasteiger partial charge in [0.2, 0.25) is 0 Å². The molecule has 1 fully saturated rings. The summed E-state index contributed by atoms with van der Waals surface area (Å²) in [5.41, 5.74) is 0. The highest BCUT2D eigenvalue weighted by Gasteiger charge is 2.75. The summed E-state index contributed by atoms with van der Waals surface area (Å²) < 4.78 is 160. The van der Waals surface area contributed by atoms with E-state index in [2.05, 4.69) is 9.47 Å². The van der Waals surface area contributed by atoms with Crippen LogP contribution in [-0.4, -0.2) is 42.7 Å². The number of hydrogen-bond acceptors (Lipinski definition) is 2. The van der Waals surface area contributed by atoms with Gasteiger partial charge in [-0.25, -0.2) is 13.5 Å². The van der Waals surface area contributed by atoms with E-state index in [1.54, 1.807) is 0 Å². The van der Waals surface area contributed by atoms with Crippen LogP contribution in [0.15, 0.2) is 0 Å². The molecular formula is C12H12F12O2. The van der Waals surface area contributed by atoms with Crippen LogP contribution in [0.2, 0.25) is 0 Å². The van der Waals surface area contributed by atoms with Crippen LogP contribution in [0.5, 0.6) is 0 Å². The smallest absolute Gasteiger partial charge is 0.335 e. The third-order valence-electron chi connectivity index (χ3n) is 3.90. The van der Waals surface area contributed by atoms with E-state index in [1.165, 1.54) is 0 Å². The molecule has 0 aliphatic heterocycles. The third kappa shape index (κ3) is 3.99. The number of ether oxygens (including phenoxy) is 2. The van der Waals surface area contributed by atoms with Crippen LogP contribution >= 0.6 is 0 Å². The summed E-state index contributed by atoms with van der Waals surface area (Å²) in [4.78, 5) is 0. The summed E-state index contributed by atoms with van der Waals surface area (Å²) in [6.45, 7) is -1.94. The molecule has 0 radical (unpaired) electrons. The lowest BCUT2D eigenvalue weighted by Crippen LogP contribution is -2.58. The number of halogens is 12. The SMILES string of the molecule is CCC1CCC(F)(OC(F)(F)F)C1(F)OCC(F)(F)C(F)(F)C(F)(F)F. The van der Waals surface area contributed by atoms with E-state index in [-0.39, 0.29) is 0 Å². The van der Waals surface area contributed by atoms with Crippen LogP contribution in [0, 0.1) is 5.92 Å². The summed E-state index contributed by atoms with van der Waals surface area (Å²) in [5.74, 6) is -23.3. The Morgan fingerprint density at radius 1 is 0.923 bits per heavy atom. The average molecular weight is 416 g/mol. The van der Waals surface area contributed by atoms with E-state index in [9.17, 15) is 52.7 Å². The van der Waals surface area contributed by atoms with E-state index in [4.69, 9.17) is 0 Å². The third-order valence-corrected chi connectivity index (χ3v) is 3.90. The minimum atomic E-state index is -6.77. The molecule has 1 saturated carbocycles. The lowest BCUT2D eigenvalue weighted by molar-refractivity contribution is -0.446. The first-order valence-electron chi connectivity index (χ1n) is 6.94. The Hall–Kier alpha value is -0.920. The molecule has 1 rings (SSSR count). The highest BCUT2D eigenvalue weighted by atomic mass is 19.4. The van der Waals surface area contributed by atoms with Gasteiger partial charge in [0.1, 0.15) is 6.61 Å². The molecule has 0 N–H and O–H groups in total. The number of rotatable bonds is 6.